The Labute approximate surface area is 166 Å². The number of guanidine groups is 1. The zero-order valence-electron chi connectivity index (χ0n) is 16.0. The summed E-state index contributed by atoms with van der Waals surface area (Å²) in [5.74, 6) is 0.693. The van der Waals surface area contributed by atoms with Gasteiger partial charge in [0.15, 0.2) is 11.7 Å². The van der Waals surface area contributed by atoms with E-state index >= 15 is 0 Å². The van der Waals surface area contributed by atoms with Gasteiger partial charge in [-0.25, -0.2) is 4.98 Å². The van der Waals surface area contributed by atoms with Gasteiger partial charge in [0.25, 0.3) is 0 Å². The van der Waals surface area contributed by atoms with Crippen LogP contribution in [-0.4, -0.2) is 54.0 Å². The molecule has 0 radical (unpaired) electrons. The lowest BCUT2D eigenvalue weighted by molar-refractivity contribution is -0.140. The third kappa shape index (κ3) is 5.45. The van der Waals surface area contributed by atoms with Crippen LogP contribution in [-0.2, 0) is 19.3 Å². The molecule has 0 amide bonds. The molecule has 1 fully saturated rings. The van der Waals surface area contributed by atoms with Crippen molar-refractivity contribution in [3.63, 3.8) is 0 Å². The zero-order chi connectivity index (χ0) is 20.1. The average molecular weight is 411 g/mol. The van der Waals surface area contributed by atoms with E-state index in [1.165, 1.54) is 11.1 Å². The second kappa shape index (κ2) is 8.91. The number of hydrogen-bond acceptors (Lipinski definition) is 4. The fraction of sp³-hybridized carbons (Fsp3) is 0.474. The number of thiazole rings is 1. The van der Waals surface area contributed by atoms with Crippen molar-refractivity contribution in [1.29, 1.82) is 0 Å². The van der Waals surface area contributed by atoms with E-state index in [9.17, 15) is 13.2 Å². The molecule has 28 heavy (non-hydrogen) atoms. The molecular weight excluding hydrogens is 387 g/mol. The quantitative estimate of drug-likeness (QED) is 0.619. The minimum atomic E-state index is -4.40. The molecule has 0 spiro atoms. The average Bonchev–Trinajstić information content (AvgIpc) is 3.13. The van der Waals surface area contributed by atoms with Crippen LogP contribution in [0.3, 0.4) is 0 Å². The molecule has 152 valence electrons. The number of benzene rings is 1. The number of rotatable bonds is 4. The Hall–Kier alpha value is -2.13. The molecule has 0 unspecified atom stereocenters. The lowest BCUT2D eigenvalue weighted by Gasteiger charge is -2.36. The van der Waals surface area contributed by atoms with E-state index in [0.717, 1.165) is 49.4 Å². The highest BCUT2D eigenvalue weighted by molar-refractivity contribution is 7.09. The Kier molecular flexibility index (Phi) is 6.56. The molecule has 1 aliphatic heterocycles. The highest BCUT2D eigenvalue weighted by Crippen LogP contribution is 2.29. The Morgan fingerprint density at radius 3 is 2.61 bits per heavy atom. The summed E-state index contributed by atoms with van der Waals surface area (Å²) in [4.78, 5) is 12.4. The summed E-state index contributed by atoms with van der Waals surface area (Å²) >= 11 is 1.00. The minimum Gasteiger partial charge on any atom is -0.350 e. The lowest BCUT2D eigenvalue weighted by atomic mass is 10.1. The van der Waals surface area contributed by atoms with Crippen molar-refractivity contribution < 1.29 is 13.2 Å². The maximum atomic E-state index is 12.7. The first-order valence-corrected chi connectivity index (χ1v) is 9.98. The Balaban J connectivity index is 1.49. The number of alkyl halides is 3. The van der Waals surface area contributed by atoms with Crippen LogP contribution in [0.5, 0.6) is 0 Å². The van der Waals surface area contributed by atoms with Gasteiger partial charge < -0.3 is 10.2 Å². The van der Waals surface area contributed by atoms with Crippen LogP contribution >= 0.6 is 11.3 Å². The van der Waals surface area contributed by atoms with Crippen LogP contribution in [0.25, 0.3) is 0 Å². The lowest BCUT2D eigenvalue weighted by Crippen LogP contribution is -2.52. The van der Waals surface area contributed by atoms with Crippen molar-refractivity contribution >= 4 is 17.3 Å². The van der Waals surface area contributed by atoms with Gasteiger partial charge in [-0.3, -0.25) is 9.89 Å². The molecule has 2 aromatic rings. The third-order valence-corrected chi connectivity index (χ3v) is 5.46. The summed E-state index contributed by atoms with van der Waals surface area (Å²) in [5.41, 5.74) is 1.73. The first-order valence-electron chi connectivity index (χ1n) is 9.10. The smallest absolute Gasteiger partial charge is 0.350 e. The number of piperazine rings is 1. The summed E-state index contributed by atoms with van der Waals surface area (Å²) in [6, 6.07) is 8.52. The number of aryl methyl sites for hydroxylation is 1. The van der Waals surface area contributed by atoms with Crippen LogP contribution in [0.1, 0.15) is 21.8 Å². The van der Waals surface area contributed by atoms with Gasteiger partial charge in [0.2, 0.25) is 0 Å². The van der Waals surface area contributed by atoms with Gasteiger partial charge in [-0.15, -0.1) is 11.3 Å². The second-order valence-corrected chi connectivity index (χ2v) is 7.72. The van der Waals surface area contributed by atoms with Gasteiger partial charge in [0.05, 0.1) is 6.54 Å². The number of halogens is 3. The van der Waals surface area contributed by atoms with Gasteiger partial charge in [0.1, 0.15) is 5.01 Å². The van der Waals surface area contributed by atoms with Gasteiger partial charge in [-0.05, 0) is 12.5 Å². The van der Waals surface area contributed by atoms with Crippen molar-refractivity contribution in [1.82, 2.24) is 20.1 Å². The second-order valence-electron chi connectivity index (χ2n) is 6.78. The first-order chi connectivity index (χ1) is 13.3. The number of aliphatic imine (C=N–C) groups is 1. The Morgan fingerprint density at radius 1 is 1.25 bits per heavy atom. The van der Waals surface area contributed by atoms with Crippen molar-refractivity contribution in [2.45, 2.75) is 26.2 Å². The SMILES string of the molecule is CN=C(NCc1nc(C(F)(F)F)cs1)N1CCN(Cc2cccc(C)c2)CC1. The van der Waals surface area contributed by atoms with E-state index in [0.29, 0.717) is 11.0 Å². The van der Waals surface area contributed by atoms with Crippen molar-refractivity contribution in [3.8, 4) is 0 Å². The van der Waals surface area contributed by atoms with Gasteiger partial charge in [-0.1, -0.05) is 29.8 Å². The molecule has 1 aromatic carbocycles. The van der Waals surface area contributed by atoms with Gasteiger partial charge >= 0.3 is 6.18 Å². The fourth-order valence-electron chi connectivity index (χ4n) is 3.20. The number of nitrogens with one attached hydrogen (secondary N) is 1. The summed E-state index contributed by atoms with van der Waals surface area (Å²) in [5, 5.41) is 4.57. The van der Waals surface area contributed by atoms with Crippen molar-refractivity contribution in [2.75, 3.05) is 33.2 Å². The molecule has 3 rings (SSSR count). The molecule has 1 aliphatic rings. The monoisotopic (exact) mass is 411 g/mol. The van der Waals surface area contributed by atoms with E-state index in [-0.39, 0.29) is 6.54 Å². The fourth-order valence-corrected chi connectivity index (χ4v) is 3.94. The van der Waals surface area contributed by atoms with E-state index in [4.69, 9.17) is 0 Å². The van der Waals surface area contributed by atoms with Gasteiger partial charge in [-0.2, -0.15) is 13.2 Å². The highest BCUT2D eigenvalue weighted by atomic mass is 32.1. The third-order valence-electron chi connectivity index (χ3n) is 4.61. The molecule has 0 bridgehead atoms. The Morgan fingerprint density at radius 2 is 2.00 bits per heavy atom. The van der Waals surface area contributed by atoms with Crippen LogP contribution in [0.2, 0.25) is 0 Å². The molecule has 1 aromatic heterocycles. The molecule has 9 heteroatoms. The molecular formula is C19H24F3N5S. The highest BCUT2D eigenvalue weighted by Gasteiger charge is 2.33. The molecule has 1 N–H and O–H groups in total. The van der Waals surface area contributed by atoms with E-state index in [2.05, 4.69) is 56.3 Å². The van der Waals surface area contributed by atoms with Crippen LogP contribution in [0.4, 0.5) is 13.2 Å². The minimum absolute atomic E-state index is 0.233. The van der Waals surface area contributed by atoms with Crippen molar-refractivity contribution in [3.05, 3.63) is 51.5 Å². The zero-order valence-corrected chi connectivity index (χ0v) is 16.8. The predicted octanol–water partition coefficient (Wildman–Crippen LogP) is 3.36. The number of nitrogens with zero attached hydrogens (tertiary/aromatic N) is 4. The first kappa shape index (κ1) is 20.6. The molecule has 0 atom stereocenters. The topological polar surface area (TPSA) is 43.8 Å². The number of aromatic nitrogens is 1. The van der Waals surface area contributed by atoms with Crippen molar-refractivity contribution in [2.24, 2.45) is 4.99 Å². The Bertz CT molecular complexity index is 810. The molecule has 2 heterocycles. The summed E-state index contributed by atoms with van der Waals surface area (Å²) < 4.78 is 38.0. The van der Waals surface area contributed by atoms with E-state index < -0.39 is 11.9 Å². The summed E-state index contributed by atoms with van der Waals surface area (Å²) in [6.45, 7) is 6.69. The molecule has 1 saturated heterocycles. The summed E-state index contributed by atoms with van der Waals surface area (Å²) in [6.07, 6.45) is -4.40. The largest absolute Gasteiger partial charge is 0.434 e. The summed E-state index contributed by atoms with van der Waals surface area (Å²) in [7, 11) is 1.68. The maximum Gasteiger partial charge on any atom is 0.434 e. The van der Waals surface area contributed by atoms with Crippen LogP contribution < -0.4 is 5.32 Å². The standard InChI is InChI=1S/C19H24F3N5S/c1-14-4-3-5-15(10-14)12-26-6-8-27(9-7-26)18(23-2)24-11-17-25-16(13-28-17)19(20,21)22/h3-5,10,13H,6-9,11-12H2,1-2H3,(H,23,24). The predicted molar refractivity (Wildman–Crippen MR) is 105 cm³/mol. The molecule has 5 nitrogen and oxygen atoms in total. The number of hydrogen-bond donors (Lipinski definition) is 1. The maximum absolute atomic E-state index is 12.7. The van der Waals surface area contributed by atoms with Crippen LogP contribution in [0, 0.1) is 6.92 Å². The van der Waals surface area contributed by atoms with Crippen LogP contribution in [0.15, 0.2) is 34.6 Å². The molecule has 0 saturated carbocycles. The van der Waals surface area contributed by atoms with E-state index in [1.807, 2.05) is 0 Å². The normalized spacial score (nSPS) is 16.5. The van der Waals surface area contributed by atoms with E-state index in [1.54, 1.807) is 7.05 Å². The van der Waals surface area contributed by atoms with Gasteiger partial charge in [0, 0.05) is 45.2 Å². The molecule has 0 aliphatic carbocycles.